The standard InChI is InChI=1S/C7H14N2/c1-5-6(2)9-4-3-7(5)8/h5-6,8-9H,3-4H2,1-2H3. The minimum absolute atomic E-state index is 0.443. The maximum Gasteiger partial charge on any atom is 0.0145 e. The van der Waals surface area contributed by atoms with Gasteiger partial charge in [0, 0.05) is 24.2 Å². The molecule has 1 saturated heterocycles. The van der Waals surface area contributed by atoms with E-state index in [2.05, 4.69) is 19.2 Å². The van der Waals surface area contributed by atoms with Gasteiger partial charge < -0.3 is 10.7 Å². The van der Waals surface area contributed by atoms with Crippen molar-refractivity contribution < 1.29 is 0 Å². The van der Waals surface area contributed by atoms with Crippen LogP contribution < -0.4 is 5.32 Å². The van der Waals surface area contributed by atoms with Gasteiger partial charge in [-0.1, -0.05) is 6.92 Å². The molecule has 52 valence electrons. The fourth-order valence-corrected chi connectivity index (χ4v) is 1.14. The first-order valence-electron chi connectivity index (χ1n) is 3.52. The summed E-state index contributed by atoms with van der Waals surface area (Å²) in [6.45, 7) is 5.24. The van der Waals surface area contributed by atoms with Gasteiger partial charge in [-0.3, -0.25) is 0 Å². The highest BCUT2D eigenvalue weighted by Gasteiger charge is 2.20. The van der Waals surface area contributed by atoms with Gasteiger partial charge in [0.1, 0.15) is 0 Å². The van der Waals surface area contributed by atoms with E-state index in [-0.39, 0.29) is 0 Å². The summed E-state index contributed by atoms with van der Waals surface area (Å²) in [5.74, 6) is 0.443. The SMILES string of the molecule is CC1NCCC(=N)C1C. The van der Waals surface area contributed by atoms with E-state index in [4.69, 9.17) is 5.41 Å². The maximum absolute atomic E-state index is 7.49. The van der Waals surface area contributed by atoms with Crippen LogP contribution in [0.25, 0.3) is 0 Å². The Morgan fingerprint density at radius 1 is 1.56 bits per heavy atom. The largest absolute Gasteiger partial charge is 0.313 e. The van der Waals surface area contributed by atoms with Gasteiger partial charge in [-0.2, -0.15) is 0 Å². The normalized spacial score (nSPS) is 36.9. The number of hydrogen-bond acceptors (Lipinski definition) is 2. The third kappa shape index (κ3) is 1.30. The molecule has 0 aliphatic carbocycles. The van der Waals surface area contributed by atoms with E-state index < -0.39 is 0 Å². The van der Waals surface area contributed by atoms with Crippen molar-refractivity contribution in [1.29, 1.82) is 5.41 Å². The zero-order chi connectivity index (χ0) is 6.85. The highest BCUT2D eigenvalue weighted by Crippen LogP contribution is 2.10. The molecule has 1 fully saturated rings. The second-order valence-corrected chi connectivity index (χ2v) is 2.81. The zero-order valence-electron chi connectivity index (χ0n) is 6.07. The van der Waals surface area contributed by atoms with Crippen LogP contribution in [0.15, 0.2) is 0 Å². The van der Waals surface area contributed by atoms with Gasteiger partial charge >= 0.3 is 0 Å². The molecule has 0 aromatic rings. The van der Waals surface area contributed by atoms with Gasteiger partial charge in [0.2, 0.25) is 0 Å². The lowest BCUT2D eigenvalue weighted by atomic mass is 9.92. The molecule has 0 aromatic heterocycles. The van der Waals surface area contributed by atoms with Crippen molar-refractivity contribution in [2.45, 2.75) is 26.3 Å². The Kier molecular flexibility index (Phi) is 1.86. The third-order valence-electron chi connectivity index (χ3n) is 2.16. The Morgan fingerprint density at radius 3 is 2.67 bits per heavy atom. The molecule has 1 rings (SSSR count). The van der Waals surface area contributed by atoms with Crippen LogP contribution in [0, 0.1) is 11.3 Å². The van der Waals surface area contributed by atoms with Crippen LogP contribution >= 0.6 is 0 Å². The third-order valence-corrected chi connectivity index (χ3v) is 2.16. The molecule has 2 atom stereocenters. The van der Waals surface area contributed by atoms with E-state index in [1.807, 2.05) is 0 Å². The molecule has 1 aliphatic rings. The molecule has 2 N–H and O–H groups in total. The van der Waals surface area contributed by atoms with Crippen LogP contribution in [0.5, 0.6) is 0 Å². The summed E-state index contributed by atoms with van der Waals surface area (Å²) < 4.78 is 0. The second-order valence-electron chi connectivity index (χ2n) is 2.81. The molecule has 9 heavy (non-hydrogen) atoms. The van der Waals surface area contributed by atoms with Gasteiger partial charge in [-0.15, -0.1) is 0 Å². The fraction of sp³-hybridized carbons (Fsp3) is 0.857. The average molecular weight is 126 g/mol. The molecule has 2 unspecified atom stereocenters. The first kappa shape index (κ1) is 6.75. The van der Waals surface area contributed by atoms with Gasteiger partial charge in [-0.05, 0) is 13.3 Å². The van der Waals surface area contributed by atoms with Crippen molar-refractivity contribution in [3.63, 3.8) is 0 Å². The van der Waals surface area contributed by atoms with Crippen molar-refractivity contribution in [2.24, 2.45) is 5.92 Å². The summed E-state index contributed by atoms with van der Waals surface area (Å²) in [5, 5.41) is 10.8. The molecule has 1 heterocycles. The number of nitrogens with one attached hydrogen (secondary N) is 2. The Bertz CT molecular complexity index is 120. The number of piperidine rings is 1. The lowest BCUT2D eigenvalue weighted by molar-refractivity contribution is 0.448. The van der Waals surface area contributed by atoms with Crippen LogP contribution in [0.1, 0.15) is 20.3 Å². The average Bonchev–Trinajstić information content (AvgIpc) is 1.83. The molecule has 0 radical (unpaired) electrons. The Balaban J connectivity index is 2.51. The first-order valence-corrected chi connectivity index (χ1v) is 3.52. The summed E-state index contributed by atoms with van der Waals surface area (Å²) in [7, 11) is 0. The molecule has 0 aromatic carbocycles. The monoisotopic (exact) mass is 126 g/mol. The van der Waals surface area contributed by atoms with Gasteiger partial charge in [0.25, 0.3) is 0 Å². The Labute approximate surface area is 56.2 Å². The fourth-order valence-electron chi connectivity index (χ4n) is 1.14. The van der Waals surface area contributed by atoms with Crippen LogP contribution in [-0.4, -0.2) is 18.3 Å². The molecule has 1 aliphatic heterocycles. The van der Waals surface area contributed by atoms with E-state index in [0.29, 0.717) is 12.0 Å². The minimum Gasteiger partial charge on any atom is -0.313 e. The first-order chi connectivity index (χ1) is 4.22. The molecule has 2 heteroatoms. The summed E-state index contributed by atoms with van der Waals surface area (Å²) in [4.78, 5) is 0. The Morgan fingerprint density at radius 2 is 2.22 bits per heavy atom. The lowest BCUT2D eigenvalue weighted by Gasteiger charge is -2.27. The summed E-state index contributed by atoms with van der Waals surface area (Å²) >= 11 is 0. The van der Waals surface area contributed by atoms with Crippen LogP contribution in [0.2, 0.25) is 0 Å². The predicted molar refractivity (Wildman–Crippen MR) is 39.0 cm³/mol. The van der Waals surface area contributed by atoms with Crippen molar-refractivity contribution in [3.8, 4) is 0 Å². The predicted octanol–water partition coefficient (Wildman–Crippen LogP) is 1.02. The summed E-state index contributed by atoms with van der Waals surface area (Å²) in [5.41, 5.74) is 0.904. The smallest absolute Gasteiger partial charge is 0.0145 e. The van der Waals surface area contributed by atoms with E-state index in [1.54, 1.807) is 0 Å². The van der Waals surface area contributed by atoms with E-state index >= 15 is 0 Å². The molecular weight excluding hydrogens is 112 g/mol. The Hall–Kier alpha value is -0.370. The van der Waals surface area contributed by atoms with Crippen molar-refractivity contribution in [1.82, 2.24) is 5.32 Å². The second kappa shape index (κ2) is 2.48. The van der Waals surface area contributed by atoms with Gasteiger partial charge in [0.05, 0.1) is 0 Å². The molecule has 0 saturated carbocycles. The van der Waals surface area contributed by atoms with E-state index in [9.17, 15) is 0 Å². The van der Waals surface area contributed by atoms with Crippen molar-refractivity contribution in [3.05, 3.63) is 0 Å². The highest BCUT2D eigenvalue weighted by atomic mass is 14.9. The summed E-state index contributed by atoms with van der Waals surface area (Å²) in [6.07, 6.45) is 0.936. The molecule has 2 nitrogen and oxygen atoms in total. The molecule has 0 bridgehead atoms. The highest BCUT2D eigenvalue weighted by molar-refractivity contribution is 5.84. The van der Waals surface area contributed by atoms with Crippen LogP contribution in [0.4, 0.5) is 0 Å². The molecule has 0 spiro atoms. The number of rotatable bonds is 0. The zero-order valence-corrected chi connectivity index (χ0v) is 6.07. The maximum atomic E-state index is 7.49. The topological polar surface area (TPSA) is 35.9 Å². The van der Waals surface area contributed by atoms with Crippen LogP contribution in [0.3, 0.4) is 0 Å². The minimum atomic E-state index is 0.443. The van der Waals surface area contributed by atoms with Crippen LogP contribution in [-0.2, 0) is 0 Å². The van der Waals surface area contributed by atoms with E-state index in [0.717, 1.165) is 18.7 Å². The lowest BCUT2D eigenvalue weighted by Crippen LogP contribution is -2.42. The van der Waals surface area contributed by atoms with Crippen molar-refractivity contribution in [2.75, 3.05) is 6.54 Å². The molecular formula is C7H14N2. The van der Waals surface area contributed by atoms with Gasteiger partial charge in [-0.25, -0.2) is 0 Å². The van der Waals surface area contributed by atoms with Gasteiger partial charge in [0.15, 0.2) is 0 Å². The quantitative estimate of drug-likeness (QED) is 0.499. The van der Waals surface area contributed by atoms with E-state index in [1.165, 1.54) is 0 Å². The number of hydrogen-bond donors (Lipinski definition) is 2. The summed E-state index contributed by atoms with van der Waals surface area (Å²) in [6, 6.07) is 0.506. The van der Waals surface area contributed by atoms with Crippen molar-refractivity contribution >= 4 is 5.71 Å². The molecule has 0 amide bonds.